The smallest absolute Gasteiger partial charge is 0.261 e. The predicted molar refractivity (Wildman–Crippen MR) is 70.1 cm³/mol. The highest BCUT2D eigenvalue weighted by Gasteiger charge is 2.18. The highest BCUT2D eigenvalue weighted by atomic mass is 79.9. The van der Waals surface area contributed by atoms with Gasteiger partial charge in [0.15, 0.2) is 11.6 Å². The van der Waals surface area contributed by atoms with E-state index in [4.69, 9.17) is 5.11 Å². The van der Waals surface area contributed by atoms with Crippen LogP contribution >= 0.6 is 15.9 Å². The van der Waals surface area contributed by atoms with Crippen LogP contribution < -0.4 is 5.32 Å². The van der Waals surface area contributed by atoms with Crippen molar-refractivity contribution in [2.45, 2.75) is 0 Å². The number of halogens is 4. The molecule has 0 fully saturated rings. The van der Waals surface area contributed by atoms with Crippen LogP contribution in [-0.4, -0.2) is 11.0 Å². The maximum absolute atomic E-state index is 13.6. The van der Waals surface area contributed by atoms with Gasteiger partial charge in [0.1, 0.15) is 17.2 Å². The van der Waals surface area contributed by atoms with Crippen molar-refractivity contribution in [2.24, 2.45) is 0 Å². The summed E-state index contributed by atoms with van der Waals surface area (Å²) in [6.07, 6.45) is 0. The summed E-state index contributed by atoms with van der Waals surface area (Å²) in [5, 5.41) is 11.1. The molecule has 2 rings (SSSR count). The predicted octanol–water partition coefficient (Wildman–Crippen LogP) is 3.82. The standard InChI is InChI=1S/C13H7BrF3NO2/c14-6-3-9(16)12(10(17)4-6)13(20)18-7-1-2-11(19)8(15)5-7/h1-5,19H,(H,18,20). The van der Waals surface area contributed by atoms with Gasteiger partial charge >= 0.3 is 0 Å². The van der Waals surface area contributed by atoms with Crippen molar-refractivity contribution in [1.82, 2.24) is 0 Å². The number of amides is 1. The summed E-state index contributed by atoms with van der Waals surface area (Å²) in [6, 6.07) is 4.93. The number of hydrogen-bond acceptors (Lipinski definition) is 2. The lowest BCUT2D eigenvalue weighted by Crippen LogP contribution is -2.16. The van der Waals surface area contributed by atoms with Gasteiger partial charge in [0, 0.05) is 16.2 Å². The van der Waals surface area contributed by atoms with Gasteiger partial charge in [0.05, 0.1) is 0 Å². The molecule has 0 unspecified atom stereocenters. The molecule has 0 aromatic heterocycles. The van der Waals surface area contributed by atoms with Gasteiger partial charge in [-0.2, -0.15) is 0 Å². The monoisotopic (exact) mass is 345 g/mol. The van der Waals surface area contributed by atoms with E-state index in [0.29, 0.717) is 0 Å². The van der Waals surface area contributed by atoms with Crippen molar-refractivity contribution in [1.29, 1.82) is 0 Å². The fourth-order valence-electron chi connectivity index (χ4n) is 1.54. The second kappa shape index (κ2) is 5.54. The van der Waals surface area contributed by atoms with E-state index in [1.54, 1.807) is 0 Å². The molecule has 0 aliphatic rings. The van der Waals surface area contributed by atoms with Crippen LogP contribution in [0.25, 0.3) is 0 Å². The van der Waals surface area contributed by atoms with Crippen LogP contribution in [0.15, 0.2) is 34.8 Å². The van der Waals surface area contributed by atoms with E-state index >= 15 is 0 Å². The minimum atomic E-state index is -1.06. The maximum atomic E-state index is 13.6. The Kier molecular flexibility index (Phi) is 3.99. The molecule has 0 atom stereocenters. The summed E-state index contributed by atoms with van der Waals surface area (Å²) in [6.45, 7) is 0. The zero-order chi connectivity index (χ0) is 14.9. The van der Waals surface area contributed by atoms with E-state index in [9.17, 15) is 18.0 Å². The Morgan fingerprint density at radius 3 is 2.20 bits per heavy atom. The molecule has 2 N–H and O–H groups in total. The Labute approximate surface area is 120 Å². The van der Waals surface area contributed by atoms with Gasteiger partial charge in [-0.3, -0.25) is 4.79 Å². The van der Waals surface area contributed by atoms with Gasteiger partial charge in [-0.25, -0.2) is 13.2 Å². The Hall–Kier alpha value is -2.02. The molecule has 0 spiro atoms. The van der Waals surface area contributed by atoms with Gasteiger partial charge in [-0.05, 0) is 24.3 Å². The van der Waals surface area contributed by atoms with Gasteiger partial charge < -0.3 is 10.4 Å². The van der Waals surface area contributed by atoms with Crippen molar-refractivity contribution in [3.63, 3.8) is 0 Å². The van der Waals surface area contributed by atoms with Crippen LogP contribution in [0.2, 0.25) is 0 Å². The number of nitrogens with one attached hydrogen (secondary N) is 1. The Morgan fingerprint density at radius 2 is 1.65 bits per heavy atom. The Balaban J connectivity index is 2.31. The number of phenolic OH excluding ortho intramolecular Hbond substituents is 1. The Morgan fingerprint density at radius 1 is 1.05 bits per heavy atom. The van der Waals surface area contributed by atoms with E-state index in [1.165, 1.54) is 6.07 Å². The van der Waals surface area contributed by atoms with Gasteiger partial charge in [0.25, 0.3) is 5.91 Å². The van der Waals surface area contributed by atoms with Crippen LogP contribution in [-0.2, 0) is 0 Å². The first-order chi connectivity index (χ1) is 9.38. The zero-order valence-electron chi connectivity index (χ0n) is 9.75. The maximum Gasteiger partial charge on any atom is 0.261 e. The lowest BCUT2D eigenvalue weighted by atomic mass is 10.1. The topological polar surface area (TPSA) is 49.3 Å². The first kappa shape index (κ1) is 14.4. The zero-order valence-corrected chi connectivity index (χ0v) is 11.3. The first-order valence-electron chi connectivity index (χ1n) is 5.33. The summed E-state index contributed by atoms with van der Waals surface area (Å²) in [4.78, 5) is 11.8. The van der Waals surface area contributed by atoms with Crippen molar-refractivity contribution in [3.8, 4) is 5.75 Å². The van der Waals surface area contributed by atoms with Gasteiger partial charge in [-0.1, -0.05) is 15.9 Å². The normalized spacial score (nSPS) is 10.4. The summed E-state index contributed by atoms with van der Waals surface area (Å²) in [5.74, 6) is -4.71. The third-order valence-corrected chi connectivity index (χ3v) is 2.90. The number of carbonyl (C=O) groups excluding carboxylic acids is 1. The molecule has 1 amide bonds. The number of carbonyl (C=O) groups is 1. The van der Waals surface area contributed by atoms with E-state index in [1.807, 2.05) is 0 Å². The molecule has 0 aliphatic heterocycles. The average Bonchev–Trinajstić information content (AvgIpc) is 2.32. The van der Waals surface area contributed by atoms with Crippen molar-refractivity contribution in [2.75, 3.05) is 5.32 Å². The van der Waals surface area contributed by atoms with Crippen LogP contribution in [0.5, 0.6) is 5.75 Å². The van der Waals surface area contributed by atoms with Crippen LogP contribution in [0.1, 0.15) is 10.4 Å². The summed E-state index contributed by atoms with van der Waals surface area (Å²) in [7, 11) is 0. The number of anilines is 1. The largest absolute Gasteiger partial charge is 0.505 e. The van der Waals surface area contributed by atoms with E-state index in [2.05, 4.69) is 21.2 Å². The summed E-state index contributed by atoms with van der Waals surface area (Å²) >= 11 is 2.89. The molecule has 7 heteroatoms. The Bertz CT molecular complexity index is 668. The summed E-state index contributed by atoms with van der Waals surface area (Å²) in [5.41, 5.74) is -0.811. The van der Waals surface area contributed by atoms with Crippen LogP contribution in [0, 0.1) is 17.5 Å². The fraction of sp³-hybridized carbons (Fsp3) is 0. The third kappa shape index (κ3) is 2.93. The highest BCUT2D eigenvalue weighted by Crippen LogP contribution is 2.23. The third-order valence-electron chi connectivity index (χ3n) is 2.44. The molecule has 3 nitrogen and oxygen atoms in total. The second-order valence-corrected chi connectivity index (χ2v) is 4.78. The van der Waals surface area contributed by atoms with Gasteiger partial charge in [0.2, 0.25) is 0 Å². The molecule has 2 aromatic rings. The molecule has 0 radical (unpaired) electrons. The lowest BCUT2D eigenvalue weighted by Gasteiger charge is -2.08. The fourth-order valence-corrected chi connectivity index (χ4v) is 1.94. The molecule has 0 heterocycles. The van der Waals surface area contributed by atoms with Crippen molar-refractivity contribution in [3.05, 3.63) is 57.8 Å². The lowest BCUT2D eigenvalue weighted by molar-refractivity contribution is 0.101. The number of aromatic hydroxyl groups is 1. The first-order valence-corrected chi connectivity index (χ1v) is 6.12. The molecule has 0 bridgehead atoms. The van der Waals surface area contributed by atoms with Crippen molar-refractivity contribution >= 4 is 27.5 Å². The average molecular weight is 346 g/mol. The molecule has 0 saturated carbocycles. The molecule has 104 valence electrons. The van der Waals surface area contributed by atoms with Crippen molar-refractivity contribution < 1.29 is 23.1 Å². The highest BCUT2D eigenvalue weighted by molar-refractivity contribution is 9.10. The number of phenols is 1. The summed E-state index contributed by atoms with van der Waals surface area (Å²) < 4.78 is 40.4. The number of hydrogen-bond donors (Lipinski definition) is 2. The van der Waals surface area contributed by atoms with E-state index < -0.39 is 34.7 Å². The second-order valence-electron chi connectivity index (χ2n) is 3.86. The number of rotatable bonds is 2. The number of benzene rings is 2. The quantitative estimate of drug-likeness (QED) is 0.813. The van der Waals surface area contributed by atoms with Gasteiger partial charge in [-0.15, -0.1) is 0 Å². The SMILES string of the molecule is O=C(Nc1ccc(O)c(F)c1)c1c(F)cc(Br)cc1F. The molecule has 20 heavy (non-hydrogen) atoms. The van der Waals surface area contributed by atoms with Crippen LogP contribution in [0.4, 0.5) is 18.9 Å². The molecule has 0 aliphatic carbocycles. The molecule has 2 aromatic carbocycles. The van der Waals surface area contributed by atoms with E-state index in [-0.39, 0.29) is 10.2 Å². The van der Waals surface area contributed by atoms with E-state index in [0.717, 1.165) is 24.3 Å². The minimum absolute atomic E-state index is 0.0352. The minimum Gasteiger partial charge on any atom is -0.505 e. The molecular weight excluding hydrogens is 339 g/mol. The van der Waals surface area contributed by atoms with Crippen LogP contribution in [0.3, 0.4) is 0 Å². The molecule has 0 saturated heterocycles. The molecular formula is C13H7BrF3NO2.